The lowest BCUT2D eigenvalue weighted by Gasteiger charge is -2.13. The summed E-state index contributed by atoms with van der Waals surface area (Å²) in [4.78, 5) is 4.11. The number of pyridine rings is 1. The summed E-state index contributed by atoms with van der Waals surface area (Å²) in [6.45, 7) is 0.984. The molecule has 0 aliphatic heterocycles. The Morgan fingerprint density at radius 3 is 2.86 bits per heavy atom. The Bertz CT molecular complexity index is 299. The van der Waals surface area contributed by atoms with Crippen LogP contribution in [-0.2, 0) is 6.54 Å². The standard InChI is InChI=1S/C12H16N2/c1-2-9(7-13-3-1)8-14-12-5-10-4-11(10)6-12/h1-3,7,10-12,14H,4-6,8H2. The van der Waals surface area contributed by atoms with Gasteiger partial charge in [0.25, 0.3) is 0 Å². The van der Waals surface area contributed by atoms with Gasteiger partial charge in [-0.2, -0.15) is 0 Å². The van der Waals surface area contributed by atoms with Crippen molar-refractivity contribution in [3.05, 3.63) is 30.1 Å². The van der Waals surface area contributed by atoms with Crippen molar-refractivity contribution < 1.29 is 0 Å². The van der Waals surface area contributed by atoms with E-state index < -0.39 is 0 Å². The van der Waals surface area contributed by atoms with Gasteiger partial charge in [-0.15, -0.1) is 0 Å². The smallest absolute Gasteiger partial charge is 0.0312 e. The van der Waals surface area contributed by atoms with E-state index in [1.54, 1.807) is 0 Å². The Morgan fingerprint density at radius 2 is 2.14 bits per heavy atom. The number of hydrogen-bond donors (Lipinski definition) is 1. The molecule has 2 heteroatoms. The number of nitrogens with zero attached hydrogens (tertiary/aromatic N) is 1. The summed E-state index contributed by atoms with van der Waals surface area (Å²) in [5, 5.41) is 3.62. The normalized spacial score (nSPS) is 34.1. The van der Waals surface area contributed by atoms with Crippen molar-refractivity contribution in [3.8, 4) is 0 Å². The summed E-state index contributed by atoms with van der Waals surface area (Å²) in [5.74, 6) is 2.14. The highest BCUT2D eigenvalue weighted by Crippen LogP contribution is 2.51. The molecule has 0 saturated heterocycles. The molecule has 74 valence electrons. The molecule has 0 radical (unpaired) electrons. The lowest BCUT2D eigenvalue weighted by atomic mass is 10.1. The molecule has 2 saturated carbocycles. The first kappa shape index (κ1) is 8.42. The van der Waals surface area contributed by atoms with Crippen molar-refractivity contribution in [2.75, 3.05) is 0 Å². The molecule has 2 aliphatic carbocycles. The zero-order valence-electron chi connectivity index (χ0n) is 8.32. The Labute approximate surface area is 84.7 Å². The molecule has 1 aromatic heterocycles. The Morgan fingerprint density at radius 1 is 1.29 bits per heavy atom. The average molecular weight is 188 g/mol. The topological polar surface area (TPSA) is 24.9 Å². The monoisotopic (exact) mass is 188 g/mol. The number of hydrogen-bond acceptors (Lipinski definition) is 2. The van der Waals surface area contributed by atoms with Crippen molar-refractivity contribution in [1.29, 1.82) is 0 Å². The highest BCUT2D eigenvalue weighted by molar-refractivity contribution is 5.08. The Kier molecular flexibility index (Phi) is 2.02. The van der Waals surface area contributed by atoms with Gasteiger partial charge in [0.2, 0.25) is 0 Å². The van der Waals surface area contributed by atoms with Crippen LogP contribution in [0.5, 0.6) is 0 Å². The van der Waals surface area contributed by atoms with Gasteiger partial charge >= 0.3 is 0 Å². The third-order valence-corrected chi connectivity index (χ3v) is 3.56. The van der Waals surface area contributed by atoms with Crippen molar-refractivity contribution in [1.82, 2.24) is 10.3 Å². The predicted molar refractivity (Wildman–Crippen MR) is 55.7 cm³/mol. The quantitative estimate of drug-likeness (QED) is 0.784. The molecule has 2 aliphatic rings. The molecule has 2 unspecified atom stereocenters. The second-order valence-electron chi connectivity index (χ2n) is 4.67. The third-order valence-electron chi connectivity index (χ3n) is 3.56. The largest absolute Gasteiger partial charge is 0.310 e. The molecule has 2 fully saturated rings. The fraction of sp³-hybridized carbons (Fsp3) is 0.583. The van der Waals surface area contributed by atoms with Crippen molar-refractivity contribution in [2.24, 2.45) is 11.8 Å². The van der Waals surface area contributed by atoms with Crippen LogP contribution in [0, 0.1) is 11.8 Å². The first-order chi connectivity index (χ1) is 6.92. The third kappa shape index (κ3) is 1.67. The van der Waals surface area contributed by atoms with Gasteiger partial charge in [-0.25, -0.2) is 0 Å². The van der Waals surface area contributed by atoms with Crippen LogP contribution in [0.15, 0.2) is 24.5 Å². The van der Waals surface area contributed by atoms with Crippen molar-refractivity contribution >= 4 is 0 Å². The molecule has 0 aromatic carbocycles. The van der Waals surface area contributed by atoms with Gasteiger partial charge in [0.15, 0.2) is 0 Å². The lowest BCUT2D eigenvalue weighted by Crippen LogP contribution is -2.26. The number of rotatable bonds is 3. The van der Waals surface area contributed by atoms with Gasteiger partial charge in [0.1, 0.15) is 0 Å². The molecule has 2 atom stereocenters. The second kappa shape index (κ2) is 3.35. The first-order valence-corrected chi connectivity index (χ1v) is 5.54. The fourth-order valence-corrected chi connectivity index (χ4v) is 2.65. The Balaban J connectivity index is 1.50. The van der Waals surface area contributed by atoms with Gasteiger partial charge in [-0.3, -0.25) is 4.98 Å². The molecular weight excluding hydrogens is 172 g/mol. The summed E-state index contributed by atoms with van der Waals surface area (Å²) in [7, 11) is 0. The number of aromatic nitrogens is 1. The number of nitrogens with one attached hydrogen (secondary N) is 1. The zero-order chi connectivity index (χ0) is 9.38. The van der Waals surface area contributed by atoms with Crippen molar-refractivity contribution in [2.45, 2.75) is 31.8 Å². The van der Waals surface area contributed by atoms with E-state index in [-0.39, 0.29) is 0 Å². The summed E-state index contributed by atoms with van der Waals surface area (Å²) in [6.07, 6.45) is 8.10. The van der Waals surface area contributed by atoms with Crippen LogP contribution >= 0.6 is 0 Å². The van der Waals surface area contributed by atoms with E-state index in [0.29, 0.717) is 0 Å². The van der Waals surface area contributed by atoms with Gasteiger partial charge in [-0.05, 0) is 42.7 Å². The predicted octanol–water partition coefficient (Wildman–Crippen LogP) is 1.97. The van der Waals surface area contributed by atoms with Crippen LogP contribution in [0.3, 0.4) is 0 Å². The second-order valence-corrected chi connectivity index (χ2v) is 4.67. The molecule has 14 heavy (non-hydrogen) atoms. The maximum absolute atomic E-state index is 4.11. The average Bonchev–Trinajstić information content (AvgIpc) is 2.85. The minimum atomic E-state index is 0.777. The van der Waals surface area contributed by atoms with E-state index in [0.717, 1.165) is 24.4 Å². The minimum Gasteiger partial charge on any atom is -0.310 e. The van der Waals surface area contributed by atoms with Gasteiger partial charge in [0.05, 0.1) is 0 Å². The molecule has 1 aromatic rings. The Hall–Kier alpha value is -0.890. The summed E-state index contributed by atoms with van der Waals surface area (Å²) in [6, 6.07) is 4.91. The molecule has 1 heterocycles. The maximum Gasteiger partial charge on any atom is 0.0312 e. The van der Waals surface area contributed by atoms with Crippen molar-refractivity contribution in [3.63, 3.8) is 0 Å². The number of fused-ring (bicyclic) bond motifs is 1. The van der Waals surface area contributed by atoms with E-state index in [2.05, 4.69) is 16.4 Å². The molecule has 1 N–H and O–H groups in total. The highest BCUT2D eigenvalue weighted by Gasteiger charge is 2.45. The van der Waals surface area contributed by atoms with Crippen LogP contribution in [0.1, 0.15) is 24.8 Å². The van der Waals surface area contributed by atoms with Gasteiger partial charge in [-0.1, -0.05) is 6.07 Å². The summed E-state index contributed by atoms with van der Waals surface area (Å²) < 4.78 is 0. The summed E-state index contributed by atoms with van der Waals surface area (Å²) in [5.41, 5.74) is 1.30. The van der Waals surface area contributed by atoms with Crippen LogP contribution < -0.4 is 5.32 Å². The van der Waals surface area contributed by atoms with E-state index in [1.165, 1.54) is 24.8 Å². The summed E-state index contributed by atoms with van der Waals surface area (Å²) >= 11 is 0. The fourth-order valence-electron chi connectivity index (χ4n) is 2.65. The molecule has 2 nitrogen and oxygen atoms in total. The van der Waals surface area contributed by atoms with Gasteiger partial charge in [0, 0.05) is 25.0 Å². The maximum atomic E-state index is 4.11. The van der Waals surface area contributed by atoms with Gasteiger partial charge < -0.3 is 5.32 Å². The van der Waals surface area contributed by atoms with E-state index in [4.69, 9.17) is 0 Å². The highest BCUT2D eigenvalue weighted by atomic mass is 14.9. The van der Waals surface area contributed by atoms with E-state index >= 15 is 0 Å². The lowest BCUT2D eigenvalue weighted by molar-refractivity contribution is 0.480. The van der Waals surface area contributed by atoms with Crippen LogP contribution in [0.4, 0.5) is 0 Å². The van der Waals surface area contributed by atoms with E-state index in [1.807, 2.05) is 18.5 Å². The molecule has 0 spiro atoms. The first-order valence-electron chi connectivity index (χ1n) is 5.54. The molecule has 0 bridgehead atoms. The zero-order valence-corrected chi connectivity index (χ0v) is 8.32. The molecule has 0 amide bonds. The minimum absolute atomic E-state index is 0.777. The SMILES string of the molecule is c1cncc(CNC2CC3CC3C2)c1. The van der Waals surface area contributed by atoms with Crippen LogP contribution in [-0.4, -0.2) is 11.0 Å². The molecular formula is C12H16N2. The van der Waals surface area contributed by atoms with E-state index in [9.17, 15) is 0 Å². The van der Waals surface area contributed by atoms with Crippen LogP contribution in [0.2, 0.25) is 0 Å². The molecule has 3 rings (SSSR count). The van der Waals surface area contributed by atoms with Crippen LogP contribution in [0.25, 0.3) is 0 Å².